The average molecular weight is 583 g/mol. The van der Waals surface area contributed by atoms with Crippen molar-refractivity contribution in [3.63, 3.8) is 0 Å². The summed E-state index contributed by atoms with van der Waals surface area (Å²) in [5, 5.41) is 3.73. The highest BCUT2D eigenvalue weighted by Gasteiger charge is 2.26. The van der Waals surface area contributed by atoms with E-state index in [0.717, 1.165) is 44.7 Å². The normalized spacial score (nSPS) is 15.7. The van der Waals surface area contributed by atoms with E-state index in [1.165, 1.54) is 5.69 Å². The molecule has 0 radical (unpaired) electrons. The zero-order valence-corrected chi connectivity index (χ0v) is 25.0. The molecule has 0 aliphatic carbocycles. The Labute approximate surface area is 251 Å². The van der Waals surface area contributed by atoms with E-state index in [1.54, 1.807) is 15.8 Å². The predicted octanol–water partition coefficient (Wildman–Crippen LogP) is 4.18. The molecule has 6 rings (SSSR count). The van der Waals surface area contributed by atoms with Gasteiger partial charge in [0, 0.05) is 50.3 Å². The number of carbonyl (C=O) groups is 1. The fourth-order valence-corrected chi connectivity index (χ4v) is 5.60. The molecule has 4 aromatic rings. The monoisotopic (exact) mass is 582 g/mol. The number of ether oxygens (including phenoxy) is 1. The first-order valence-corrected chi connectivity index (χ1v) is 15.0. The van der Waals surface area contributed by atoms with Crippen molar-refractivity contribution in [2.45, 2.75) is 33.2 Å². The molecular formula is C32H38N8O3. The molecular weight excluding hydrogens is 544 g/mol. The number of rotatable bonds is 9. The molecule has 0 atom stereocenters. The summed E-state index contributed by atoms with van der Waals surface area (Å²) in [4.78, 5) is 42.1. The van der Waals surface area contributed by atoms with Crippen LogP contribution in [0.2, 0.25) is 0 Å². The number of amides is 1. The third-order valence-electron chi connectivity index (χ3n) is 7.93. The zero-order chi connectivity index (χ0) is 29.9. The van der Waals surface area contributed by atoms with Gasteiger partial charge in [0.15, 0.2) is 12.3 Å². The minimum absolute atomic E-state index is 0.0178. The summed E-state index contributed by atoms with van der Waals surface area (Å²) in [6.45, 7) is 9.17. The third-order valence-corrected chi connectivity index (χ3v) is 7.93. The number of hydrogen-bond acceptors (Lipinski definition) is 8. The highest BCUT2D eigenvalue weighted by atomic mass is 16.5. The zero-order valence-electron chi connectivity index (χ0n) is 25.0. The average Bonchev–Trinajstić information content (AvgIpc) is 3.29. The molecule has 0 saturated carbocycles. The number of nitrogens with zero attached hydrogens (tertiary/aromatic N) is 7. The number of hydrogen-bond donors (Lipinski definition) is 1. The molecule has 11 heteroatoms. The Morgan fingerprint density at radius 1 is 0.977 bits per heavy atom. The number of benzene rings is 2. The summed E-state index contributed by atoms with van der Waals surface area (Å²) in [5.74, 6) is 0.948. The van der Waals surface area contributed by atoms with E-state index < -0.39 is 0 Å². The minimum Gasteiger partial charge on any atom is -0.482 e. The highest BCUT2D eigenvalue weighted by molar-refractivity contribution is 5.98. The van der Waals surface area contributed by atoms with Gasteiger partial charge in [-0.25, -0.2) is 14.3 Å². The molecule has 0 unspecified atom stereocenters. The summed E-state index contributed by atoms with van der Waals surface area (Å²) in [7, 11) is 2.15. The Bertz CT molecular complexity index is 1700. The van der Waals surface area contributed by atoms with Gasteiger partial charge < -0.3 is 24.8 Å². The van der Waals surface area contributed by atoms with Gasteiger partial charge in [-0.05, 0) is 62.4 Å². The molecule has 1 fully saturated rings. The van der Waals surface area contributed by atoms with Crippen molar-refractivity contribution in [3.05, 3.63) is 71.2 Å². The largest absolute Gasteiger partial charge is 0.482 e. The topological polar surface area (TPSA) is 101 Å². The quantitative estimate of drug-likeness (QED) is 0.294. The Morgan fingerprint density at radius 2 is 1.74 bits per heavy atom. The van der Waals surface area contributed by atoms with E-state index in [9.17, 15) is 9.59 Å². The summed E-state index contributed by atoms with van der Waals surface area (Å²) in [6.07, 6.45) is 7.26. The molecule has 224 valence electrons. The van der Waals surface area contributed by atoms with Gasteiger partial charge in [0.2, 0.25) is 5.95 Å². The van der Waals surface area contributed by atoms with Gasteiger partial charge in [0.05, 0.1) is 17.9 Å². The Morgan fingerprint density at radius 3 is 2.49 bits per heavy atom. The summed E-state index contributed by atoms with van der Waals surface area (Å²) in [5.41, 5.74) is 3.73. The number of aromatic nitrogens is 4. The van der Waals surface area contributed by atoms with E-state index in [0.29, 0.717) is 47.2 Å². The van der Waals surface area contributed by atoms with Crippen molar-refractivity contribution < 1.29 is 9.53 Å². The van der Waals surface area contributed by atoms with Crippen LogP contribution in [0.3, 0.4) is 0 Å². The van der Waals surface area contributed by atoms with Crippen LogP contribution in [0.1, 0.15) is 26.7 Å². The third kappa shape index (κ3) is 5.72. The Balaban J connectivity index is 1.37. The first kappa shape index (κ1) is 28.5. The van der Waals surface area contributed by atoms with Gasteiger partial charge in [-0.15, -0.1) is 0 Å². The summed E-state index contributed by atoms with van der Waals surface area (Å²) < 4.78 is 9.18. The fourth-order valence-electron chi connectivity index (χ4n) is 5.60. The van der Waals surface area contributed by atoms with Gasteiger partial charge in [-0.3, -0.25) is 9.59 Å². The van der Waals surface area contributed by atoms with Crippen molar-refractivity contribution in [1.82, 2.24) is 24.2 Å². The molecule has 11 nitrogen and oxygen atoms in total. The first-order valence-electron chi connectivity index (χ1n) is 15.0. The van der Waals surface area contributed by atoms with E-state index >= 15 is 0 Å². The predicted molar refractivity (Wildman–Crippen MR) is 170 cm³/mol. The second kappa shape index (κ2) is 12.3. The minimum atomic E-state index is -0.186. The standard InChI is InChI=1S/C32H38N8O3/c1-4-6-7-15-39-31(42)26-21-33-32(34-23-8-10-24(11-9-23)37-18-16-36(3)17-19-37)35-30(26)40(39)25-12-13-28-27(20-25)38(14-5-2)29(41)22-43-28/h6-13,20-21H,4-5,14-19,22H2,1-3H3,(H,33,34,35)/b7-6-. The van der Waals surface area contributed by atoms with Gasteiger partial charge in [0.1, 0.15) is 11.1 Å². The second-order valence-corrected chi connectivity index (χ2v) is 11.0. The molecule has 2 aliphatic rings. The van der Waals surface area contributed by atoms with Gasteiger partial charge in [0.25, 0.3) is 11.5 Å². The molecule has 43 heavy (non-hydrogen) atoms. The number of fused-ring (bicyclic) bond motifs is 2. The number of nitrogens with one attached hydrogen (secondary N) is 1. The summed E-state index contributed by atoms with van der Waals surface area (Å²) in [6, 6.07) is 13.9. The lowest BCUT2D eigenvalue weighted by Crippen LogP contribution is -2.44. The van der Waals surface area contributed by atoms with Gasteiger partial charge in [-0.1, -0.05) is 26.0 Å². The van der Waals surface area contributed by atoms with Crippen molar-refractivity contribution >= 4 is 40.0 Å². The van der Waals surface area contributed by atoms with E-state index in [1.807, 2.05) is 54.1 Å². The van der Waals surface area contributed by atoms with Gasteiger partial charge >= 0.3 is 0 Å². The lowest BCUT2D eigenvalue weighted by molar-refractivity contribution is -0.121. The van der Waals surface area contributed by atoms with E-state index in [-0.39, 0.29) is 18.1 Å². The molecule has 1 saturated heterocycles. The molecule has 0 spiro atoms. The van der Waals surface area contributed by atoms with Crippen LogP contribution in [0.15, 0.2) is 65.6 Å². The van der Waals surface area contributed by atoms with Crippen LogP contribution in [-0.4, -0.2) is 76.5 Å². The molecule has 0 bridgehead atoms. The van der Waals surface area contributed by atoms with Crippen molar-refractivity contribution in [2.24, 2.45) is 0 Å². The van der Waals surface area contributed by atoms with Crippen LogP contribution in [0.25, 0.3) is 16.7 Å². The number of piperazine rings is 1. The maximum absolute atomic E-state index is 13.6. The molecule has 1 N–H and O–H groups in total. The van der Waals surface area contributed by atoms with E-state index in [4.69, 9.17) is 9.72 Å². The highest BCUT2D eigenvalue weighted by Crippen LogP contribution is 2.35. The number of anilines is 4. The number of allylic oxidation sites excluding steroid dienone is 2. The molecule has 4 heterocycles. The van der Waals surface area contributed by atoms with Crippen molar-refractivity contribution in [2.75, 3.05) is 61.5 Å². The first-order chi connectivity index (χ1) is 21.0. The summed E-state index contributed by atoms with van der Waals surface area (Å²) >= 11 is 0. The molecule has 1 amide bonds. The SMILES string of the molecule is CC/C=C\Cn1c(=O)c2cnc(Nc3ccc(N4CCN(C)CC4)cc3)nc2n1-c1ccc2c(c1)N(CCC)C(=O)CO2. The van der Waals surface area contributed by atoms with E-state index in [2.05, 4.69) is 46.2 Å². The molecule has 2 aromatic carbocycles. The smallest absolute Gasteiger partial charge is 0.278 e. The van der Waals surface area contributed by atoms with Crippen molar-refractivity contribution in [3.8, 4) is 11.4 Å². The maximum Gasteiger partial charge on any atom is 0.278 e. The van der Waals surface area contributed by atoms with Crippen LogP contribution >= 0.6 is 0 Å². The fraction of sp³-hybridized carbons (Fsp3) is 0.375. The van der Waals surface area contributed by atoms with Crippen LogP contribution in [0.4, 0.5) is 23.0 Å². The Kier molecular flexibility index (Phi) is 8.15. The lowest BCUT2D eigenvalue weighted by Gasteiger charge is -2.34. The Hall–Kier alpha value is -4.64. The van der Waals surface area contributed by atoms with Crippen LogP contribution in [0.5, 0.6) is 5.75 Å². The van der Waals surface area contributed by atoms with Gasteiger partial charge in [-0.2, -0.15) is 4.98 Å². The maximum atomic E-state index is 13.6. The van der Waals surface area contributed by atoms with Crippen LogP contribution in [0, 0.1) is 0 Å². The van der Waals surface area contributed by atoms with Crippen molar-refractivity contribution in [1.29, 1.82) is 0 Å². The number of carbonyl (C=O) groups excluding carboxylic acids is 1. The second-order valence-electron chi connectivity index (χ2n) is 11.0. The van der Waals surface area contributed by atoms with Crippen LogP contribution in [-0.2, 0) is 11.3 Å². The lowest BCUT2D eigenvalue weighted by atomic mass is 10.2. The molecule has 2 aliphatic heterocycles. The number of likely N-dealkylation sites (N-methyl/N-ethyl adjacent to an activating group) is 1. The van der Waals surface area contributed by atoms with Crippen LogP contribution < -0.4 is 25.4 Å². The molecule has 2 aromatic heterocycles.